The highest BCUT2D eigenvalue weighted by Gasteiger charge is 2.40. The minimum Gasteiger partial charge on any atom is -0.465 e. The zero-order valence-corrected chi connectivity index (χ0v) is 10.8. The summed E-state index contributed by atoms with van der Waals surface area (Å²) in [7, 11) is 0.984. The molecule has 0 spiro atoms. The summed E-state index contributed by atoms with van der Waals surface area (Å²) in [6.07, 6.45) is -7.84. The van der Waals surface area contributed by atoms with Crippen molar-refractivity contribution < 1.29 is 31.5 Å². The average Bonchev–Trinajstić information content (AvgIpc) is 2.25. The Morgan fingerprint density at radius 1 is 1.44 bits per heavy atom. The SMILES string of the molecule is COC(=O)c1cnc(C(F)(F)F)c(C(F)F)c1I. The molecule has 1 heterocycles. The van der Waals surface area contributed by atoms with Crippen molar-refractivity contribution in [3.05, 3.63) is 26.6 Å². The summed E-state index contributed by atoms with van der Waals surface area (Å²) >= 11 is 1.24. The van der Waals surface area contributed by atoms with Gasteiger partial charge >= 0.3 is 12.1 Å². The van der Waals surface area contributed by atoms with Gasteiger partial charge in [-0.2, -0.15) is 13.2 Å². The second-order valence-corrected chi connectivity index (χ2v) is 4.12. The summed E-state index contributed by atoms with van der Waals surface area (Å²) in [5, 5.41) is 0. The van der Waals surface area contributed by atoms with Crippen molar-refractivity contribution in [2.24, 2.45) is 0 Å². The first-order valence-corrected chi connectivity index (χ1v) is 5.40. The summed E-state index contributed by atoms with van der Waals surface area (Å²) in [6.45, 7) is 0. The highest BCUT2D eigenvalue weighted by atomic mass is 127. The van der Waals surface area contributed by atoms with Gasteiger partial charge in [0.1, 0.15) is 0 Å². The highest BCUT2D eigenvalue weighted by molar-refractivity contribution is 14.1. The number of pyridine rings is 1. The van der Waals surface area contributed by atoms with Gasteiger partial charge in [-0.05, 0) is 22.6 Å². The fourth-order valence-electron chi connectivity index (χ4n) is 1.18. The zero-order chi connectivity index (χ0) is 14.1. The molecule has 1 aromatic rings. The van der Waals surface area contributed by atoms with E-state index in [1.807, 2.05) is 0 Å². The van der Waals surface area contributed by atoms with Crippen LogP contribution in [0.25, 0.3) is 0 Å². The molecule has 1 rings (SSSR count). The van der Waals surface area contributed by atoms with Gasteiger partial charge in [-0.3, -0.25) is 4.98 Å². The van der Waals surface area contributed by atoms with Crippen molar-refractivity contribution >= 4 is 28.6 Å². The van der Waals surface area contributed by atoms with E-state index in [0.29, 0.717) is 6.20 Å². The summed E-state index contributed by atoms with van der Waals surface area (Å²) in [6, 6.07) is 0. The van der Waals surface area contributed by atoms with E-state index in [2.05, 4.69) is 9.72 Å². The maximum atomic E-state index is 12.7. The van der Waals surface area contributed by atoms with E-state index in [9.17, 15) is 26.7 Å². The molecule has 0 bridgehead atoms. The van der Waals surface area contributed by atoms with Gasteiger partial charge in [-0.1, -0.05) is 0 Å². The molecule has 0 saturated heterocycles. The minimum absolute atomic E-state index is 0.429. The Kier molecular flexibility index (Phi) is 4.46. The number of hydrogen-bond donors (Lipinski definition) is 0. The van der Waals surface area contributed by atoms with Gasteiger partial charge < -0.3 is 4.74 Å². The van der Waals surface area contributed by atoms with E-state index in [4.69, 9.17) is 0 Å². The van der Waals surface area contributed by atoms with Crippen LogP contribution in [0.15, 0.2) is 6.20 Å². The Morgan fingerprint density at radius 3 is 2.39 bits per heavy atom. The largest absolute Gasteiger partial charge is 0.465 e. The van der Waals surface area contributed by atoms with E-state index in [0.717, 1.165) is 7.11 Å². The molecule has 1 aromatic heterocycles. The van der Waals surface area contributed by atoms with Gasteiger partial charge in [-0.25, -0.2) is 13.6 Å². The molecule has 0 N–H and O–H groups in total. The molecule has 0 aliphatic rings. The number of esters is 1. The summed E-state index contributed by atoms with van der Waals surface area (Å²) in [5.74, 6) is -1.03. The van der Waals surface area contributed by atoms with Crippen LogP contribution in [0, 0.1) is 3.57 Å². The first-order chi connectivity index (χ1) is 8.20. The molecule has 0 aliphatic heterocycles. The van der Waals surface area contributed by atoms with Crippen LogP contribution >= 0.6 is 22.6 Å². The predicted molar refractivity (Wildman–Crippen MR) is 58.3 cm³/mol. The lowest BCUT2D eigenvalue weighted by Gasteiger charge is -2.14. The Hall–Kier alpha value is -1.00. The Bertz CT molecular complexity index is 475. The van der Waals surface area contributed by atoms with Gasteiger partial charge in [0.05, 0.1) is 18.2 Å². The van der Waals surface area contributed by atoms with Crippen LogP contribution in [-0.4, -0.2) is 18.1 Å². The number of nitrogens with zero attached hydrogens (tertiary/aromatic N) is 1. The maximum absolute atomic E-state index is 12.7. The highest BCUT2D eigenvalue weighted by Crippen LogP contribution is 2.38. The molecule has 0 amide bonds. The third-order valence-electron chi connectivity index (χ3n) is 1.94. The predicted octanol–water partition coefficient (Wildman–Crippen LogP) is 3.43. The number of carbonyl (C=O) groups excluding carboxylic acids is 1. The van der Waals surface area contributed by atoms with E-state index in [-0.39, 0.29) is 0 Å². The van der Waals surface area contributed by atoms with Crippen molar-refractivity contribution in [3.63, 3.8) is 0 Å². The Morgan fingerprint density at radius 2 is 2.00 bits per heavy atom. The van der Waals surface area contributed by atoms with E-state index in [1.54, 1.807) is 0 Å². The molecule has 0 unspecified atom stereocenters. The molecule has 0 saturated carbocycles. The molecular formula is C9H5F5INO2. The second-order valence-electron chi connectivity index (χ2n) is 3.04. The lowest BCUT2D eigenvalue weighted by molar-refractivity contribution is -0.143. The van der Waals surface area contributed by atoms with Crippen LogP contribution in [0.2, 0.25) is 0 Å². The minimum atomic E-state index is -5.01. The molecule has 0 radical (unpaired) electrons. The first-order valence-electron chi connectivity index (χ1n) is 4.32. The smallest absolute Gasteiger partial charge is 0.433 e. The van der Waals surface area contributed by atoms with Crippen LogP contribution in [0.4, 0.5) is 22.0 Å². The van der Waals surface area contributed by atoms with Crippen LogP contribution in [-0.2, 0) is 10.9 Å². The molecule has 0 aromatic carbocycles. The number of halogens is 6. The van der Waals surface area contributed by atoms with Gasteiger partial charge in [-0.15, -0.1) is 0 Å². The van der Waals surface area contributed by atoms with Gasteiger partial charge in [0.25, 0.3) is 6.43 Å². The monoisotopic (exact) mass is 381 g/mol. The van der Waals surface area contributed by atoms with E-state index >= 15 is 0 Å². The quantitative estimate of drug-likeness (QED) is 0.448. The lowest BCUT2D eigenvalue weighted by Crippen LogP contribution is -2.17. The maximum Gasteiger partial charge on any atom is 0.433 e. The number of aromatic nitrogens is 1. The third-order valence-corrected chi connectivity index (χ3v) is 3.11. The van der Waals surface area contributed by atoms with Gasteiger partial charge in [0, 0.05) is 9.77 Å². The number of methoxy groups -OCH3 is 1. The zero-order valence-electron chi connectivity index (χ0n) is 8.69. The van der Waals surface area contributed by atoms with Crippen molar-refractivity contribution in [1.29, 1.82) is 0 Å². The fraction of sp³-hybridized carbons (Fsp3) is 0.333. The van der Waals surface area contributed by atoms with Crippen LogP contribution < -0.4 is 0 Å². The van der Waals surface area contributed by atoms with Crippen molar-refractivity contribution in [2.75, 3.05) is 7.11 Å². The van der Waals surface area contributed by atoms with Crippen molar-refractivity contribution in [2.45, 2.75) is 12.6 Å². The molecule has 100 valence electrons. The van der Waals surface area contributed by atoms with Crippen LogP contribution in [0.1, 0.15) is 28.0 Å². The van der Waals surface area contributed by atoms with E-state index < -0.39 is 39.0 Å². The summed E-state index contributed by atoms with van der Waals surface area (Å²) in [5.41, 5.74) is -3.44. The first kappa shape index (κ1) is 15.1. The average molecular weight is 381 g/mol. The molecular weight excluding hydrogens is 376 g/mol. The van der Waals surface area contributed by atoms with Gasteiger partial charge in [0.15, 0.2) is 5.69 Å². The summed E-state index contributed by atoms with van der Waals surface area (Å²) in [4.78, 5) is 14.1. The van der Waals surface area contributed by atoms with Crippen LogP contribution in [0.3, 0.4) is 0 Å². The fourth-order valence-corrected chi connectivity index (χ4v) is 2.03. The topological polar surface area (TPSA) is 39.2 Å². The third kappa shape index (κ3) is 2.87. The number of carbonyl (C=O) groups is 1. The molecule has 18 heavy (non-hydrogen) atoms. The summed E-state index contributed by atoms with van der Waals surface area (Å²) < 4.78 is 66.6. The number of hydrogen-bond acceptors (Lipinski definition) is 3. The molecule has 0 aliphatic carbocycles. The normalized spacial score (nSPS) is 11.8. The van der Waals surface area contributed by atoms with Crippen molar-refractivity contribution in [1.82, 2.24) is 4.98 Å². The number of alkyl halides is 5. The standard InChI is InChI=1S/C9H5F5INO2/c1-18-8(17)3-2-16-6(9(12,13)14)4(5(3)15)7(10)11/h2,7H,1H3. The number of ether oxygens (including phenoxy) is 1. The Balaban J connectivity index is 3.53. The van der Waals surface area contributed by atoms with Crippen molar-refractivity contribution in [3.8, 4) is 0 Å². The molecule has 9 heteroatoms. The second kappa shape index (κ2) is 5.33. The Labute approximate surface area is 111 Å². The molecule has 3 nitrogen and oxygen atoms in total. The lowest BCUT2D eigenvalue weighted by atomic mass is 10.1. The molecule has 0 fully saturated rings. The van der Waals surface area contributed by atoms with Gasteiger partial charge in [0.2, 0.25) is 0 Å². The molecule has 0 atom stereocenters. The number of rotatable bonds is 2. The van der Waals surface area contributed by atoms with Crippen LogP contribution in [0.5, 0.6) is 0 Å². The van der Waals surface area contributed by atoms with E-state index in [1.165, 1.54) is 22.6 Å².